The topological polar surface area (TPSA) is 97.9 Å². The maximum absolute atomic E-state index is 13.1. The zero-order valence-corrected chi connectivity index (χ0v) is 16.0. The maximum Gasteiger partial charge on any atom is 0.227 e. The van der Waals surface area contributed by atoms with Gasteiger partial charge < -0.3 is 20.0 Å². The highest BCUT2D eigenvalue weighted by Crippen LogP contribution is 2.33. The number of phenols is 1. The van der Waals surface area contributed by atoms with Gasteiger partial charge >= 0.3 is 0 Å². The molecule has 146 valence electrons. The van der Waals surface area contributed by atoms with Crippen LogP contribution in [0, 0.1) is 6.92 Å². The molecule has 0 fully saturated rings. The van der Waals surface area contributed by atoms with E-state index < -0.39 is 0 Å². The van der Waals surface area contributed by atoms with Crippen LogP contribution in [0.1, 0.15) is 34.3 Å². The Hall–Kier alpha value is -3.61. The van der Waals surface area contributed by atoms with Crippen LogP contribution in [0.3, 0.4) is 0 Å². The number of hydrogen-bond acceptors (Lipinski definition) is 4. The predicted octanol–water partition coefficient (Wildman–Crippen LogP) is 3.02. The molecule has 29 heavy (non-hydrogen) atoms. The second-order valence-corrected chi connectivity index (χ2v) is 7.54. The van der Waals surface area contributed by atoms with Crippen molar-refractivity contribution in [2.75, 3.05) is 6.54 Å². The summed E-state index contributed by atoms with van der Waals surface area (Å²) in [6.45, 7) is 2.96. The first-order valence-electron chi connectivity index (χ1n) is 9.61. The van der Waals surface area contributed by atoms with Gasteiger partial charge in [-0.1, -0.05) is 18.2 Å². The Morgan fingerprint density at radius 3 is 3.03 bits per heavy atom. The van der Waals surface area contributed by atoms with Gasteiger partial charge in [0, 0.05) is 12.5 Å². The summed E-state index contributed by atoms with van der Waals surface area (Å²) in [4.78, 5) is 30.2. The molecule has 3 heterocycles. The van der Waals surface area contributed by atoms with Crippen molar-refractivity contribution < 1.29 is 9.90 Å². The lowest BCUT2D eigenvalue weighted by Crippen LogP contribution is -2.39. The highest BCUT2D eigenvalue weighted by Gasteiger charge is 2.31. The molecule has 2 aromatic carbocycles. The van der Waals surface area contributed by atoms with Crippen LogP contribution in [0.5, 0.6) is 5.75 Å². The van der Waals surface area contributed by atoms with Crippen LogP contribution in [0.2, 0.25) is 0 Å². The van der Waals surface area contributed by atoms with Crippen LogP contribution in [0.4, 0.5) is 0 Å². The minimum Gasteiger partial charge on any atom is -0.508 e. The third-order valence-electron chi connectivity index (χ3n) is 5.48. The number of rotatable bonds is 3. The van der Waals surface area contributed by atoms with Crippen molar-refractivity contribution in [2.24, 2.45) is 0 Å². The minimum absolute atomic E-state index is 0.0611. The van der Waals surface area contributed by atoms with Gasteiger partial charge in [-0.25, -0.2) is 9.97 Å². The van der Waals surface area contributed by atoms with Gasteiger partial charge in [-0.05, 0) is 42.3 Å². The first-order valence-corrected chi connectivity index (χ1v) is 9.61. The molecule has 2 aromatic heterocycles. The summed E-state index contributed by atoms with van der Waals surface area (Å²) in [5.41, 5.74) is 5.63. The highest BCUT2D eigenvalue weighted by molar-refractivity contribution is 5.82. The van der Waals surface area contributed by atoms with E-state index in [9.17, 15) is 9.90 Å². The number of carbonyl (C=O) groups is 1. The van der Waals surface area contributed by atoms with Gasteiger partial charge in [-0.3, -0.25) is 4.79 Å². The van der Waals surface area contributed by atoms with Gasteiger partial charge in [0.1, 0.15) is 11.6 Å². The van der Waals surface area contributed by atoms with E-state index in [2.05, 4.69) is 19.9 Å². The van der Waals surface area contributed by atoms with E-state index in [0.29, 0.717) is 19.5 Å². The molecular weight excluding hydrogens is 366 g/mol. The molecule has 7 heteroatoms. The monoisotopic (exact) mass is 387 g/mol. The van der Waals surface area contributed by atoms with E-state index in [1.807, 2.05) is 42.2 Å². The molecule has 5 rings (SSSR count). The van der Waals surface area contributed by atoms with Crippen molar-refractivity contribution in [1.82, 2.24) is 24.8 Å². The summed E-state index contributed by atoms with van der Waals surface area (Å²) in [5.74, 6) is 1.07. The van der Waals surface area contributed by atoms with Gasteiger partial charge in [0.25, 0.3) is 0 Å². The van der Waals surface area contributed by atoms with Crippen LogP contribution in [0.15, 0.2) is 48.8 Å². The Labute approximate surface area is 167 Å². The molecule has 0 aliphatic carbocycles. The second-order valence-electron chi connectivity index (χ2n) is 7.54. The van der Waals surface area contributed by atoms with Gasteiger partial charge in [0.05, 0.1) is 41.7 Å². The fourth-order valence-corrected chi connectivity index (χ4v) is 4.10. The molecule has 1 unspecified atom stereocenters. The van der Waals surface area contributed by atoms with Gasteiger partial charge in [-0.2, -0.15) is 0 Å². The lowest BCUT2D eigenvalue weighted by Gasteiger charge is -2.32. The number of carbonyl (C=O) groups excluding carboxylic acids is 1. The van der Waals surface area contributed by atoms with Crippen molar-refractivity contribution >= 4 is 16.9 Å². The van der Waals surface area contributed by atoms with Crippen LogP contribution in [0.25, 0.3) is 11.0 Å². The molecule has 4 aromatic rings. The number of H-pyrrole nitrogens is 2. The quantitative estimate of drug-likeness (QED) is 0.503. The normalized spacial score (nSPS) is 16.2. The summed E-state index contributed by atoms with van der Waals surface area (Å²) in [6.07, 6.45) is 1.99. The molecule has 1 amide bonds. The van der Waals surface area contributed by atoms with E-state index in [1.54, 1.807) is 18.5 Å². The summed E-state index contributed by atoms with van der Waals surface area (Å²) < 4.78 is 0. The average Bonchev–Trinajstić information content (AvgIpc) is 3.32. The smallest absolute Gasteiger partial charge is 0.227 e. The first kappa shape index (κ1) is 17.5. The van der Waals surface area contributed by atoms with Crippen molar-refractivity contribution in [2.45, 2.75) is 25.8 Å². The van der Waals surface area contributed by atoms with Crippen LogP contribution in [-0.2, 0) is 17.8 Å². The number of aromatic amines is 2. The zero-order chi connectivity index (χ0) is 20.0. The standard InChI is InChI=1S/C22H21N5O2/c1-13-25-18-6-5-14(7-19(18)26-13)8-21(29)27-10-17(15-3-2-4-16(28)9-15)22-20(11-27)23-12-24-22/h2-7,9,12,17,28H,8,10-11H2,1H3,(H,23,24)(H,25,26). The van der Waals surface area contributed by atoms with Crippen LogP contribution >= 0.6 is 0 Å². The summed E-state index contributed by atoms with van der Waals surface area (Å²) in [5, 5.41) is 9.88. The number of nitrogens with one attached hydrogen (secondary N) is 2. The van der Waals surface area contributed by atoms with Gasteiger partial charge in [0.2, 0.25) is 5.91 Å². The lowest BCUT2D eigenvalue weighted by atomic mass is 9.90. The predicted molar refractivity (Wildman–Crippen MR) is 108 cm³/mol. The molecule has 1 aliphatic heterocycles. The Balaban J connectivity index is 1.41. The lowest BCUT2D eigenvalue weighted by molar-refractivity contribution is -0.131. The van der Waals surface area contributed by atoms with E-state index in [4.69, 9.17) is 0 Å². The fourth-order valence-electron chi connectivity index (χ4n) is 4.10. The van der Waals surface area contributed by atoms with Crippen molar-refractivity contribution in [3.63, 3.8) is 0 Å². The maximum atomic E-state index is 13.1. The number of hydrogen-bond donors (Lipinski definition) is 3. The van der Waals surface area contributed by atoms with E-state index in [1.165, 1.54) is 0 Å². The zero-order valence-electron chi connectivity index (χ0n) is 16.0. The number of benzene rings is 2. The molecule has 7 nitrogen and oxygen atoms in total. The van der Waals surface area contributed by atoms with Crippen LogP contribution in [-0.4, -0.2) is 42.4 Å². The van der Waals surface area contributed by atoms with Gasteiger partial charge in [-0.15, -0.1) is 0 Å². The number of aromatic nitrogens is 4. The number of fused-ring (bicyclic) bond motifs is 2. The fraction of sp³-hybridized carbons (Fsp3) is 0.227. The molecule has 0 spiro atoms. The molecule has 1 aliphatic rings. The molecule has 0 saturated carbocycles. The summed E-state index contributed by atoms with van der Waals surface area (Å²) in [7, 11) is 0. The number of phenolic OH excluding ortho intramolecular Hbond substituents is 1. The number of aromatic hydroxyl groups is 1. The Morgan fingerprint density at radius 2 is 2.17 bits per heavy atom. The second kappa shape index (κ2) is 6.77. The molecule has 0 saturated heterocycles. The third-order valence-corrected chi connectivity index (χ3v) is 5.48. The van der Waals surface area contributed by atoms with E-state index in [-0.39, 0.29) is 17.6 Å². The van der Waals surface area contributed by atoms with E-state index >= 15 is 0 Å². The number of amides is 1. The number of imidazole rings is 2. The Kier molecular flexibility index (Phi) is 4.08. The Bertz CT molecular complexity index is 1210. The Morgan fingerprint density at radius 1 is 1.28 bits per heavy atom. The molecule has 1 atom stereocenters. The van der Waals surface area contributed by atoms with E-state index in [0.717, 1.165) is 39.4 Å². The minimum atomic E-state index is -0.0706. The average molecular weight is 387 g/mol. The number of nitrogens with zero attached hydrogens (tertiary/aromatic N) is 3. The van der Waals surface area contributed by atoms with Crippen LogP contribution < -0.4 is 0 Å². The molecule has 0 radical (unpaired) electrons. The number of aryl methyl sites for hydroxylation is 1. The molecular formula is C22H21N5O2. The van der Waals surface area contributed by atoms with Gasteiger partial charge in [0.15, 0.2) is 0 Å². The summed E-state index contributed by atoms with van der Waals surface area (Å²) in [6, 6.07) is 13.1. The van der Waals surface area contributed by atoms with Crippen molar-refractivity contribution in [1.29, 1.82) is 0 Å². The molecule has 3 N–H and O–H groups in total. The van der Waals surface area contributed by atoms with Crippen molar-refractivity contribution in [3.8, 4) is 5.75 Å². The first-order chi connectivity index (χ1) is 14.1. The summed E-state index contributed by atoms with van der Waals surface area (Å²) >= 11 is 0. The largest absolute Gasteiger partial charge is 0.508 e. The molecule has 0 bridgehead atoms. The third kappa shape index (κ3) is 3.24. The van der Waals surface area contributed by atoms with Crippen molar-refractivity contribution in [3.05, 3.63) is 77.1 Å². The highest BCUT2D eigenvalue weighted by atomic mass is 16.3. The SMILES string of the molecule is Cc1nc2ccc(CC(=O)N3Cc4[nH]cnc4C(c4cccc(O)c4)C3)cc2[nH]1.